The minimum absolute atomic E-state index is 0.134. The number of benzene rings is 1. The molecule has 1 saturated heterocycles. The maximum Gasteiger partial charge on any atom is 0.106 e. The Morgan fingerprint density at radius 2 is 2.05 bits per heavy atom. The fourth-order valence-electron chi connectivity index (χ4n) is 3.17. The molecule has 0 aliphatic carbocycles. The van der Waals surface area contributed by atoms with Gasteiger partial charge in [-0.2, -0.15) is 0 Å². The molecule has 0 amide bonds. The van der Waals surface area contributed by atoms with Crippen molar-refractivity contribution in [3.8, 4) is 0 Å². The van der Waals surface area contributed by atoms with Gasteiger partial charge in [0.25, 0.3) is 0 Å². The van der Waals surface area contributed by atoms with E-state index in [2.05, 4.69) is 56.4 Å². The largest absolute Gasteiger partial charge is 0.378 e. The standard InChI is InChI=1S/C18H29NO2/c1-15(19-13-18(20-4)10-11-21-14-18)12-17(2,3)16-8-6-5-7-9-16/h5-9,15,19H,10-14H2,1-4H3. The van der Waals surface area contributed by atoms with Gasteiger partial charge in [0, 0.05) is 32.7 Å². The Balaban J connectivity index is 1.88. The number of rotatable bonds is 7. The van der Waals surface area contributed by atoms with Crippen LogP contribution in [0.4, 0.5) is 0 Å². The topological polar surface area (TPSA) is 30.5 Å². The van der Waals surface area contributed by atoms with Crippen LogP contribution in [0.3, 0.4) is 0 Å². The van der Waals surface area contributed by atoms with Crippen molar-refractivity contribution in [3.05, 3.63) is 35.9 Å². The normalized spacial score (nSPS) is 24.2. The van der Waals surface area contributed by atoms with Gasteiger partial charge in [-0.3, -0.25) is 0 Å². The first-order valence-electron chi connectivity index (χ1n) is 7.89. The Bertz CT molecular complexity index is 424. The molecule has 0 bridgehead atoms. The van der Waals surface area contributed by atoms with Gasteiger partial charge in [0.2, 0.25) is 0 Å². The van der Waals surface area contributed by atoms with Crippen molar-refractivity contribution >= 4 is 0 Å². The molecule has 0 aromatic heterocycles. The van der Waals surface area contributed by atoms with Crippen molar-refractivity contribution in [1.29, 1.82) is 0 Å². The maximum absolute atomic E-state index is 5.68. The summed E-state index contributed by atoms with van der Waals surface area (Å²) in [6.45, 7) is 9.24. The van der Waals surface area contributed by atoms with Crippen LogP contribution in [0.1, 0.15) is 39.2 Å². The second-order valence-corrected chi connectivity index (χ2v) is 6.93. The molecule has 0 saturated carbocycles. The summed E-state index contributed by atoms with van der Waals surface area (Å²) in [6, 6.07) is 11.2. The van der Waals surface area contributed by atoms with Crippen molar-refractivity contribution in [2.75, 3.05) is 26.9 Å². The zero-order chi connectivity index (χ0) is 15.3. The van der Waals surface area contributed by atoms with Crippen LogP contribution in [0.5, 0.6) is 0 Å². The van der Waals surface area contributed by atoms with E-state index < -0.39 is 0 Å². The predicted octanol–water partition coefficient (Wildman–Crippen LogP) is 3.14. The van der Waals surface area contributed by atoms with Crippen LogP contribution in [0, 0.1) is 0 Å². The van der Waals surface area contributed by atoms with Crippen molar-refractivity contribution in [1.82, 2.24) is 5.32 Å². The van der Waals surface area contributed by atoms with E-state index in [-0.39, 0.29) is 11.0 Å². The molecule has 0 radical (unpaired) electrons. The fourth-order valence-corrected chi connectivity index (χ4v) is 3.17. The number of hydrogen-bond donors (Lipinski definition) is 1. The molecule has 1 heterocycles. The second-order valence-electron chi connectivity index (χ2n) is 6.93. The van der Waals surface area contributed by atoms with Gasteiger partial charge in [-0.25, -0.2) is 0 Å². The van der Waals surface area contributed by atoms with Crippen LogP contribution in [0.2, 0.25) is 0 Å². The zero-order valence-electron chi connectivity index (χ0n) is 13.8. The van der Waals surface area contributed by atoms with E-state index in [1.54, 1.807) is 7.11 Å². The predicted molar refractivity (Wildman–Crippen MR) is 86.7 cm³/mol. The molecule has 3 heteroatoms. The van der Waals surface area contributed by atoms with Gasteiger partial charge in [0.1, 0.15) is 5.60 Å². The third-order valence-corrected chi connectivity index (χ3v) is 4.64. The zero-order valence-corrected chi connectivity index (χ0v) is 13.8. The Morgan fingerprint density at radius 3 is 2.62 bits per heavy atom. The van der Waals surface area contributed by atoms with Crippen molar-refractivity contribution in [2.45, 2.75) is 50.7 Å². The number of hydrogen-bond acceptors (Lipinski definition) is 3. The molecular weight excluding hydrogens is 262 g/mol. The van der Waals surface area contributed by atoms with E-state index in [4.69, 9.17) is 9.47 Å². The Hall–Kier alpha value is -0.900. The van der Waals surface area contributed by atoms with E-state index in [1.807, 2.05) is 0 Å². The molecule has 1 aliphatic rings. The van der Waals surface area contributed by atoms with E-state index in [1.165, 1.54) is 5.56 Å². The first-order valence-corrected chi connectivity index (χ1v) is 7.89. The van der Waals surface area contributed by atoms with Crippen LogP contribution >= 0.6 is 0 Å². The summed E-state index contributed by atoms with van der Waals surface area (Å²) in [7, 11) is 1.79. The first kappa shape index (κ1) is 16.5. The Kier molecular flexibility index (Phi) is 5.42. The van der Waals surface area contributed by atoms with Gasteiger partial charge >= 0.3 is 0 Å². The molecule has 118 valence electrons. The highest BCUT2D eigenvalue weighted by Crippen LogP contribution is 2.28. The second kappa shape index (κ2) is 6.91. The van der Waals surface area contributed by atoms with Gasteiger partial charge in [-0.05, 0) is 24.3 Å². The highest BCUT2D eigenvalue weighted by molar-refractivity contribution is 5.23. The molecule has 1 N–H and O–H groups in total. The van der Waals surface area contributed by atoms with Gasteiger partial charge < -0.3 is 14.8 Å². The molecule has 0 spiro atoms. The summed E-state index contributed by atoms with van der Waals surface area (Å²) in [5.41, 5.74) is 1.43. The van der Waals surface area contributed by atoms with Crippen molar-refractivity contribution < 1.29 is 9.47 Å². The van der Waals surface area contributed by atoms with E-state index in [9.17, 15) is 0 Å². The molecule has 2 unspecified atom stereocenters. The summed E-state index contributed by atoms with van der Waals surface area (Å²) in [5, 5.41) is 3.64. The van der Waals surface area contributed by atoms with E-state index in [0.29, 0.717) is 12.6 Å². The van der Waals surface area contributed by atoms with Crippen LogP contribution in [-0.2, 0) is 14.9 Å². The lowest BCUT2D eigenvalue weighted by Crippen LogP contribution is -2.46. The highest BCUT2D eigenvalue weighted by Gasteiger charge is 2.35. The molecule has 1 fully saturated rings. The smallest absolute Gasteiger partial charge is 0.106 e. The average molecular weight is 291 g/mol. The molecule has 2 rings (SSSR count). The van der Waals surface area contributed by atoms with E-state index in [0.717, 1.165) is 26.0 Å². The molecule has 2 atom stereocenters. The lowest BCUT2D eigenvalue weighted by atomic mass is 9.79. The highest BCUT2D eigenvalue weighted by atomic mass is 16.5. The summed E-state index contributed by atoms with van der Waals surface area (Å²) in [6.07, 6.45) is 2.07. The minimum Gasteiger partial charge on any atom is -0.378 e. The Labute approximate surface area is 129 Å². The molecule has 21 heavy (non-hydrogen) atoms. The molecule has 1 aromatic carbocycles. The summed E-state index contributed by atoms with van der Waals surface area (Å²) in [4.78, 5) is 0. The molecule has 1 aliphatic heterocycles. The van der Waals surface area contributed by atoms with Crippen LogP contribution in [0.15, 0.2) is 30.3 Å². The number of methoxy groups -OCH3 is 1. The first-order chi connectivity index (χ1) is 9.97. The van der Waals surface area contributed by atoms with Crippen molar-refractivity contribution in [2.24, 2.45) is 0 Å². The van der Waals surface area contributed by atoms with Gasteiger partial charge in [0.15, 0.2) is 0 Å². The molecule has 3 nitrogen and oxygen atoms in total. The summed E-state index contributed by atoms with van der Waals surface area (Å²) in [5.74, 6) is 0. The summed E-state index contributed by atoms with van der Waals surface area (Å²) < 4.78 is 11.2. The van der Waals surface area contributed by atoms with Gasteiger partial charge in [-0.15, -0.1) is 0 Å². The molecule has 1 aromatic rings. The van der Waals surface area contributed by atoms with Gasteiger partial charge in [0.05, 0.1) is 6.61 Å². The number of ether oxygens (including phenoxy) is 2. The Morgan fingerprint density at radius 1 is 1.33 bits per heavy atom. The third kappa shape index (κ3) is 4.29. The van der Waals surface area contributed by atoms with Crippen molar-refractivity contribution in [3.63, 3.8) is 0 Å². The van der Waals surface area contributed by atoms with E-state index >= 15 is 0 Å². The average Bonchev–Trinajstić information content (AvgIpc) is 2.95. The lowest BCUT2D eigenvalue weighted by molar-refractivity contribution is -0.0176. The lowest BCUT2D eigenvalue weighted by Gasteiger charge is -2.32. The number of nitrogens with one attached hydrogen (secondary N) is 1. The van der Waals surface area contributed by atoms with Crippen LogP contribution in [-0.4, -0.2) is 38.5 Å². The summed E-state index contributed by atoms with van der Waals surface area (Å²) >= 11 is 0. The monoisotopic (exact) mass is 291 g/mol. The fraction of sp³-hybridized carbons (Fsp3) is 0.667. The van der Waals surface area contributed by atoms with Crippen LogP contribution in [0.25, 0.3) is 0 Å². The minimum atomic E-state index is -0.134. The quantitative estimate of drug-likeness (QED) is 0.837. The van der Waals surface area contributed by atoms with Gasteiger partial charge in [-0.1, -0.05) is 44.2 Å². The van der Waals surface area contributed by atoms with Crippen LogP contribution < -0.4 is 5.32 Å². The third-order valence-electron chi connectivity index (χ3n) is 4.64. The maximum atomic E-state index is 5.68. The molecular formula is C18H29NO2. The SMILES string of the molecule is COC1(CNC(C)CC(C)(C)c2ccccc2)CCOC1.